The van der Waals surface area contributed by atoms with Crippen molar-refractivity contribution in [3.8, 4) is 23.0 Å². The van der Waals surface area contributed by atoms with Crippen LogP contribution in [0.2, 0.25) is 0 Å². The lowest BCUT2D eigenvalue weighted by atomic mass is 10.1. The van der Waals surface area contributed by atoms with E-state index < -0.39 is 11.9 Å². The minimum Gasteiger partial charge on any atom is -0.493 e. The maximum absolute atomic E-state index is 12.4. The molecule has 0 aliphatic carbocycles. The Kier molecular flexibility index (Phi) is 7.64. The average molecular weight is 448 g/mol. The third kappa shape index (κ3) is 5.88. The molecule has 8 heteroatoms. The first kappa shape index (κ1) is 23.3. The summed E-state index contributed by atoms with van der Waals surface area (Å²) in [5.41, 5.74) is 4.93. The van der Waals surface area contributed by atoms with Gasteiger partial charge < -0.3 is 18.9 Å². The summed E-state index contributed by atoms with van der Waals surface area (Å²) in [4.78, 5) is 24.7. The van der Waals surface area contributed by atoms with Crippen molar-refractivity contribution >= 4 is 18.1 Å². The predicted octanol–water partition coefficient (Wildman–Crippen LogP) is 4.00. The van der Waals surface area contributed by atoms with Crippen LogP contribution in [0, 0.1) is 6.92 Å². The van der Waals surface area contributed by atoms with Gasteiger partial charge in [0.05, 0.1) is 33.1 Å². The number of rotatable bonds is 8. The molecular formula is C25H24N2O6. The monoisotopic (exact) mass is 448 g/mol. The lowest BCUT2D eigenvalue weighted by Gasteiger charge is -2.10. The number of amides is 1. The first-order chi connectivity index (χ1) is 15.9. The second-order valence-corrected chi connectivity index (χ2v) is 6.93. The molecular weight excluding hydrogens is 424 g/mol. The van der Waals surface area contributed by atoms with Gasteiger partial charge in [-0.15, -0.1) is 0 Å². The van der Waals surface area contributed by atoms with E-state index in [9.17, 15) is 9.59 Å². The van der Waals surface area contributed by atoms with E-state index >= 15 is 0 Å². The second kappa shape index (κ2) is 10.8. The summed E-state index contributed by atoms with van der Waals surface area (Å²) in [7, 11) is 4.48. The third-order valence-electron chi connectivity index (χ3n) is 4.70. The maximum atomic E-state index is 12.4. The Morgan fingerprint density at radius 3 is 2.03 bits per heavy atom. The van der Waals surface area contributed by atoms with Gasteiger partial charge in [0.25, 0.3) is 5.91 Å². The van der Waals surface area contributed by atoms with Crippen LogP contribution < -0.4 is 24.4 Å². The molecule has 3 aromatic carbocycles. The first-order valence-electron chi connectivity index (χ1n) is 9.97. The number of hydrogen-bond acceptors (Lipinski definition) is 7. The zero-order chi connectivity index (χ0) is 23.8. The number of benzene rings is 3. The quantitative estimate of drug-likeness (QED) is 0.242. The molecule has 8 nitrogen and oxygen atoms in total. The summed E-state index contributed by atoms with van der Waals surface area (Å²) in [6, 6.07) is 16.8. The minimum absolute atomic E-state index is 0.273. The number of nitrogens with one attached hydrogen (secondary N) is 1. The summed E-state index contributed by atoms with van der Waals surface area (Å²) in [5.74, 6) is 0.683. The van der Waals surface area contributed by atoms with Gasteiger partial charge in [0.2, 0.25) is 0 Å². The van der Waals surface area contributed by atoms with E-state index in [0.717, 1.165) is 5.56 Å². The molecule has 0 fully saturated rings. The Bertz CT molecular complexity index is 1170. The Hall–Kier alpha value is -4.33. The highest BCUT2D eigenvalue weighted by molar-refractivity contribution is 5.95. The molecule has 0 radical (unpaired) electrons. The number of methoxy groups -OCH3 is 3. The van der Waals surface area contributed by atoms with E-state index in [1.54, 1.807) is 48.5 Å². The van der Waals surface area contributed by atoms with Crippen molar-refractivity contribution in [1.82, 2.24) is 5.43 Å². The highest BCUT2D eigenvalue weighted by atomic mass is 16.6. The van der Waals surface area contributed by atoms with Crippen molar-refractivity contribution in [1.29, 1.82) is 0 Å². The number of carbonyl (C=O) groups is 2. The lowest BCUT2D eigenvalue weighted by Crippen LogP contribution is -2.17. The van der Waals surface area contributed by atoms with Gasteiger partial charge in [0, 0.05) is 5.56 Å². The van der Waals surface area contributed by atoms with Crippen molar-refractivity contribution in [3.05, 3.63) is 82.9 Å². The third-order valence-corrected chi connectivity index (χ3v) is 4.70. The molecule has 170 valence electrons. The first-order valence-corrected chi connectivity index (χ1v) is 9.97. The van der Waals surface area contributed by atoms with Crippen molar-refractivity contribution in [2.45, 2.75) is 6.92 Å². The highest BCUT2D eigenvalue weighted by Crippen LogP contribution is 2.29. The van der Waals surface area contributed by atoms with Crippen LogP contribution in [-0.2, 0) is 0 Å². The number of hydrogen-bond donors (Lipinski definition) is 1. The van der Waals surface area contributed by atoms with Gasteiger partial charge in [-0.05, 0) is 61.0 Å². The van der Waals surface area contributed by atoms with Crippen LogP contribution in [0.15, 0.2) is 65.8 Å². The Labute approximate surface area is 191 Å². The fourth-order valence-corrected chi connectivity index (χ4v) is 2.90. The molecule has 1 N–H and O–H groups in total. The number of carbonyl (C=O) groups excluding carboxylic acids is 2. The number of nitrogens with zero attached hydrogens (tertiary/aromatic N) is 1. The SMILES string of the molecule is COc1ccc(C(=O)NN=Cc2ccc(OC(=O)c3ccc(C)cc3)c(OC)c2)cc1OC. The fourth-order valence-electron chi connectivity index (χ4n) is 2.90. The van der Waals surface area contributed by atoms with E-state index in [1.165, 1.54) is 27.5 Å². The molecule has 0 aliphatic heterocycles. The normalized spacial score (nSPS) is 10.5. The Balaban J connectivity index is 1.67. The number of aryl methyl sites for hydroxylation is 1. The van der Waals surface area contributed by atoms with Crippen LogP contribution in [0.1, 0.15) is 31.8 Å². The van der Waals surface area contributed by atoms with Crippen LogP contribution in [0.3, 0.4) is 0 Å². The molecule has 0 aromatic heterocycles. The summed E-state index contributed by atoms with van der Waals surface area (Å²) in [6.45, 7) is 1.94. The van der Waals surface area contributed by atoms with Gasteiger partial charge in [0.15, 0.2) is 23.0 Å². The van der Waals surface area contributed by atoms with Crippen molar-refractivity contribution in [2.24, 2.45) is 5.10 Å². The predicted molar refractivity (Wildman–Crippen MR) is 124 cm³/mol. The minimum atomic E-state index is -0.489. The largest absolute Gasteiger partial charge is 0.493 e. The molecule has 3 rings (SSSR count). The van der Waals surface area contributed by atoms with E-state index in [2.05, 4.69) is 10.5 Å². The van der Waals surface area contributed by atoms with Crippen molar-refractivity contribution in [2.75, 3.05) is 21.3 Å². The van der Waals surface area contributed by atoms with E-state index in [0.29, 0.717) is 33.9 Å². The lowest BCUT2D eigenvalue weighted by molar-refractivity contribution is 0.0729. The fraction of sp³-hybridized carbons (Fsp3) is 0.160. The van der Waals surface area contributed by atoms with E-state index in [-0.39, 0.29) is 5.75 Å². The molecule has 0 heterocycles. The van der Waals surface area contributed by atoms with Crippen LogP contribution in [0.4, 0.5) is 0 Å². The zero-order valence-corrected chi connectivity index (χ0v) is 18.7. The van der Waals surface area contributed by atoms with E-state index in [4.69, 9.17) is 18.9 Å². The summed E-state index contributed by atoms with van der Waals surface area (Å²) in [6.07, 6.45) is 1.45. The van der Waals surface area contributed by atoms with Gasteiger partial charge in [-0.25, -0.2) is 10.2 Å². The molecule has 0 saturated carbocycles. The number of hydrazone groups is 1. The van der Waals surface area contributed by atoms with Crippen molar-refractivity contribution < 1.29 is 28.5 Å². The molecule has 0 atom stereocenters. The van der Waals surface area contributed by atoms with Gasteiger partial charge >= 0.3 is 5.97 Å². The molecule has 33 heavy (non-hydrogen) atoms. The van der Waals surface area contributed by atoms with Gasteiger partial charge in [-0.2, -0.15) is 5.10 Å². The second-order valence-electron chi connectivity index (χ2n) is 6.93. The van der Waals surface area contributed by atoms with Crippen LogP contribution >= 0.6 is 0 Å². The van der Waals surface area contributed by atoms with Gasteiger partial charge in [-0.1, -0.05) is 17.7 Å². The van der Waals surface area contributed by atoms with Gasteiger partial charge in [-0.3, -0.25) is 4.79 Å². The number of esters is 1. The molecule has 0 unspecified atom stereocenters. The van der Waals surface area contributed by atoms with Crippen LogP contribution in [0.25, 0.3) is 0 Å². The summed E-state index contributed by atoms with van der Waals surface area (Å²) in [5, 5.41) is 3.98. The smallest absolute Gasteiger partial charge is 0.343 e. The molecule has 0 bridgehead atoms. The number of ether oxygens (including phenoxy) is 4. The van der Waals surface area contributed by atoms with E-state index in [1.807, 2.05) is 19.1 Å². The Morgan fingerprint density at radius 1 is 0.758 bits per heavy atom. The van der Waals surface area contributed by atoms with Gasteiger partial charge in [0.1, 0.15) is 0 Å². The molecule has 0 spiro atoms. The molecule has 1 amide bonds. The highest BCUT2D eigenvalue weighted by Gasteiger charge is 2.13. The maximum Gasteiger partial charge on any atom is 0.343 e. The average Bonchev–Trinajstić information content (AvgIpc) is 2.84. The standard InChI is InChI=1S/C25H24N2O6/c1-16-5-8-18(9-6-16)25(29)33-21-11-7-17(13-22(21)31-3)15-26-27-24(28)19-10-12-20(30-2)23(14-19)32-4/h5-15H,1-4H3,(H,27,28). The topological polar surface area (TPSA) is 95.5 Å². The molecule has 0 aliphatic rings. The summed E-state index contributed by atoms with van der Waals surface area (Å²) < 4.78 is 21.2. The van der Waals surface area contributed by atoms with Crippen LogP contribution in [-0.4, -0.2) is 39.4 Å². The molecule has 3 aromatic rings. The molecule has 0 saturated heterocycles. The Morgan fingerprint density at radius 2 is 1.36 bits per heavy atom. The summed E-state index contributed by atoms with van der Waals surface area (Å²) >= 11 is 0. The zero-order valence-electron chi connectivity index (χ0n) is 18.7. The van der Waals surface area contributed by atoms with Crippen LogP contribution in [0.5, 0.6) is 23.0 Å². The van der Waals surface area contributed by atoms with Crippen molar-refractivity contribution in [3.63, 3.8) is 0 Å².